The van der Waals surface area contributed by atoms with Crippen molar-refractivity contribution in [3.05, 3.63) is 34.9 Å². The highest BCUT2D eigenvalue weighted by atomic mass is 16.1. The molecule has 0 aliphatic rings. The van der Waals surface area contributed by atoms with Crippen molar-refractivity contribution in [2.45, 2.75) is 33.2 Å². The average molecular weight is 220 g/mol. The summed E-state index contributed by atoms with van der Waals surface area (Å²) >= 11 is 0. The van der Waals surface area contributed by atoms with Crippen LogP contribution < -0.4 is 11.1 Å². The quantitative estimate of drug-likeness (QED) is 0.795. The number of nitrogens with two attached hydrogens (primary N) is 1. The molecule has 88 valence electrons. The van der Waals surface area contributed by atoms with Crippen LogP contribution in [0.2, 0.25) is 0 Å². The highest BCUT2D eigenvalue weighted by Crippen LogP contribution is 2.24. The highest BCUT2D eigenvalue weighted by Gasteiger charge is 2.16. The molecule has 0 aliphatic heterocycles. The van der Waals surface area contributed by atoms with Crippen LogP contribution in [0.3, 0.4) is 0 Å². The Kier molecular flexibility index (Phi) is 4.50. The number of rotatable bonds is 5. The van der Waals surface area contributed by atoms with Gasteiger partial charge in [-0.2, -0.15) is 0 Å². The summed E-state index contributed by atoms with van der Waals surface area (Å²) in [4.78, 5) is 11.1. The molecule has 0 bridgehead atoms. The van der Waals surface area contributed by atoms with Crippen molar-refractivity contribution in [3.8, 4) is 0 Å². The molecule has 3 nitrogen and oxygen atoms in total. The van der Waals surface area contributed by atoms with Crippen molar-refractivity contribution >= 4 is 5.91 Å². The first-order valence-electron chi connectivity index (χ1n) is 5.64. The molecule has 1 rings (SSSR count). The maximum atomic E-state index is 11.1. The van der Waals surface area contributed by atoms with Crippen LogP contribution in [0.1, 0.15) is 36.1 Å². The minimum Gasteiger partial charge on any atom is -0.370 e. The van der Waals surface area contributed by atoms with E-state index in [0.717, 1.165) is 6.54 Å². The van der Waals surface area contributed by atoms with Crippen LogP contribution in [0.5, 0.6) is 0 Å². The highest BCUT2D eigenvalue weighted by molar-refractivity contribution is 5.74. The molecule has 0 heterocycles. The van der Waals surface area contributed by atoms with Gasteiger partial charge in [0.05, 0.1) is 0 Å². The lowest BCUT2D eigenvalue weighted by atomic mass is 9.94. The van der Waals surface area contributed by atoms with Gasteiger partial charge in [0.1, 0.15) is 0 Å². The maximum Gasteiger partial charge on any atom is 0.219 e. The Morgan fingerprint density at radius 3 is 2.38 bits per heavy atom. The van der Waals surface area contributed by atoms with Gasteiger partial charge < -0.3 is 11.1 Å². The van der Waals surface area contributed by atoms with E-state index in [4.69, 9.17) is 5.73 Å². The number of primary amides is 1. The monoisotopic (exact) mass is 220 g/mol. The first-order chi connectivity index (χ1) is 7.56. The zero-order valence-electron chi connectivity index (χ0n) is 10.2. The molecule has 0 saturated carbocycles. The van der Waals surface area contributed by atoms with Gasteiger partial charge in [-0.25, -0.2) is 0 Å². The smallest absolute Gasteiger partial charge is 0.219 e. The molecule has 1 aromatic rings. The number of carbonyl (C=O) groups is 1. The van der Waals surface area contributed by atoms with Crippen LogP contribution in [0.15, 0.2) is 18.2 Å². The molecular weight excluding hydrogens is 200 g/mol. The largest absolute Gasteiger partial charge is 0.370 e. The molecule has 0 aromatic heterocycles. The molecule has 1 aromatic carbocycles. The van der Waals surface area contributed by atoms with Gasteiger partial charge in [-0.15, -0.1) is 0 Å². The minimum absolute atomic E-state index is 0.0312. The Balaban J connectivity index is 3.04. The first-order valence-corrected chi connectivity index (χ1v) is 5.64. The van der Waals surface area contributed by atoms with Gasteiger partial charge >= 0.3 is 0 Å². The van der Waals surface area contributed by atoms with E-state index in [1.807, 2.05) is 13.0 Å². The Bertz CT molecular complexity index is 354. The zero-order chi connectivity index (χ0) is 12.1. The molecule has 1 atom stereocenters. The van der Waals surface area contributed by atoms with Gasteiger partial charge in [0, 0.05) is 12.5 Å². The third kappa shape index (κ3) is 3.07. The SMILES string of the molecule is CCNC(CC(N)=O)c1c(C)cccc1C. The lowest BCUT2D eigenvalue weighted by Gasteiger charge is -2.21. The van der Waals surface area contributed by atoms with Gasteiger partial charge in [-0.05, 0) is 37.1 Å². The Hall–Kier alpha value is -1.35. The fourth-order valence-electron chi connectivity index (χ4n) is 2.10. The summed E-state index contributed by atoms with van der Waals surface area (Å²) < 4.78 is 0. The van der Waals surface area contributed by atoms with Crippen LogP contribution in [0.25, 0.3) is 0 Å². The molecule has 16 heavy (non-hydrogen) atoms. The topological polar surface area (TPSA) is 55.1 Å². The van der Waals surface area contributed by atoms with E-state index < -0.39 is 0 Å². The predicted molar refractivity (Wildman–Crippen MR) is 66.1 cm³/mol. The lowest BCUT2D eigenvalue weighted by molar-refractivity contribution is -0.118. The fraction of sp³-hybridized carbons (Fsp3) is 0.462. The van der Waals surface area contributed by atoms with E-state index in [1.165, 1.54) is 16.7 Å². The number of amides is 1. The summed E-state index contributed by atoms with van der Waals surface area (Å²) in [5, 5.41) is 3.31. The second-order valence-electron chi connectivity index (χ2n) is 4.09. The standard InChI is InChI=1S/C13H20N2O/c1-4-15-11(8-12(14)16)13-9(2)6-5-7-10(13)3/h5-7,11,15H,4,8H2,1-3H3,(H2,14,16). The van der Waals surface area contributed by atoms with E-state index in [2.05, 4.69) is 31.3 Å². The zero-order valence-corrected chi connectivity index (χ0v) is 10.2. The molecular formula is C13H20N2O. The Morgan fingerprint density at radius 2 is 1.94 bits per heavy atom. The van der Waals surface area contributed by atoms with Crippen LogP contribution in [-0.2, 0) is 4.79 Å². The molecule has 0 spiro atoms. The number of hydrogen-bond acceptors (Lipinski definition) is 2. The summed E-state index contributed by atoms with van der Waals surface area (Å²) in [6.45, 7) is 6.98. The van der Waals surface area contributed by atoms with Gasteiger partial charge in [-0.3, -0.25) is 4.79 Å². The second kappa shape index (κ2) is 5.66. The molecule has 1 amide bonds. The summed E-state index contributed by atoms with van der Waals surface area (Å²) in [7, 11) is 0. The number of benzene rings is 1. The molecule has 0 fully saturated rings. The van der Waals surface area contributed by atoms with Crippen molar-refractivity contribution in [1.29, 1.82) is 0 Å². The van der Waals surface area contributed by atoms with E-state index in [1.54, 1.807) is 0 Å². The van der Waals surface area contributed by atoms with Crippen molar-refractivity contribution < 1.29 is 4.79 Å². The normalized spacial score (nSPS) is 12.4. The van der Waals surface area contributed by atoms with Gasteiger partial charge in [0.2, 0.25) is 5.91 Å². The minimum atomic E-state index is -0.270. The third-order valence-corrected chi connectivity index (χ3v) is 2.75. The van der Waals surface area contributed by atoms with E-state index in [9.17, 15) is 4.79 Å². The van der Waals surface area contributed by atoms with E-state index in [0.29, 0.717) is 6.42 Å². The average Bonchev–Trinajstić information content (AvgIpc) is 2.16. The van der Waals surface area contributed by atoms with E-state index in [-0.39, 0.29) is 11.9 Å². The third-order valence-electron chi connectivity index (χ3n) is 2.75. The number of hydrogen-bond donors (Lipinski definition) is 2. The number of carbonyl (C=O) groups excluding carboxylic acids is 1. The molecule has 0 aliphatic carbocycles. The fourth-order valence-corrected chi connectivity index (χ4v) is 2.10. The summed E-state index contributed by atoms with van der Waals surface area (Å²) in [6, 6.07) is 6.19. The summed E-state index contributed by atoms with van der Waals surface area (Å²) in [5.41, 5.74) is 8.88. The molecule has 3 heteroatoms. The van der Waals surface area contributed by atoms with Crippen LogP contribution >= 0.6 is 0 Å². The molecule has 0 saturated heterocycles. The van der Waals surface area contributed by atoms with Crippen molar-refractivity contribution in [1.82, 2.24) is 5.32 Å². The van der Waals surface area contributed by atoms with E-state index >= 15 is 0 Å². The Labute approximate surface area is 97.0 Å². The predicted octanol–water partition coefficient (Wildman–Crippen LogP) is 1.83. The summed E-state index contributed by atoms with van der Waals surface area (Å²) in [6.07, 6.45) is 0.347. The van der Waals surface area contributed by atoms with Crippen molar-refractivity contribution in [2.24, 2.45) is 5.73 Å². The maximum absolute atomic E-state index is 11.1. The molecule has 1 unspecified atom stereocenters. The van der Waals surface area contributed by atoms with Gasteiger partial charge in [-0.1, -0.05) is 25.1 Å². The van der Waals surface area contributed by atoms with Crippen LogP contribution in [0, 0.1) is 13.8 Å². The molecule has 0 radical (unpaired) electrons. The Morgan fingerprint density at radius 1 is 1.38 bits per heavy atom. The van der Waals surface area contributed by atoms with Gasteiger partial charge in [0.25, 0.3) is 0 Å². The lowest BCUT2D eigenvalue weighted by Crippen LogP contribution is -2.27. The van der Waals surface area contributed by atoms with Gasteiger partial charge in [0.15, 0.2) is 0 Å². The first kappa shape index (κ1) is 12.7. The number of aryl methyl sites for hydroxylation is 2. The molecule has 3 N–H and O–H groups in total. The van der Waals surface area contributed by atoms with Crippen LogP contribution in [0.4, 0.5) is 0 Å². The van der Waals surface area contributed by atoms with Crippen LogP contribution in [-0.4, -0.2) is 12.5 Å². The van der Waals surface area contributed by atoms with Crippen molar-refractivity contribution in [3.63, 3.8) is 0 Å². The van der Waals surface area contributed by atoms with Crippen molar-refractivity contribution in [2.75, 3.05) is 6.54 Å². The summed E-state index contributed by atoms with van der Waals surface area (Å²) in [5.74, 6) is -0.270. The second-order valence-corrected chi connectivity index (χ2v) is 4.09. The number of nitrogens with one attached hydrogen (secondary N) is 1.